The summed E-state index contributed by atoms with van der Waals surface area (Å²) in [7, 11) is -3.08. The van der Waals surface area contributed by atoms with Gasteiger partial charge in [0, 0.05) is 19.2 Å². The Morgan fingerprint density at radius 2 is 1.84 bits per heavy atom. The number of nitrogens with one attached hydrogen (secondary N) is 1. The predicted octanol–water partition coefficient (Wildman–Crippen LogP) is 0.361. The van der Waals surface area contributed by atoms with E-state index in [1.165, 1.54) is 20.2 Å². The van der Waals surface area contributed by atoms with Gasteiger partial charge in [0.25, 0.3) is 5.56 Å². The molecule has 0 amide bonds. The van der Waals surface area contributed by atoms with Gasteiger partial charge < -0.3 is 29.5 Å². The number of aromatic nitrogens is 2. The van der Waals surface area contributed by atoms with Gasteiger partial charge in [-0.1, -0.05) is 20.8 Å². The third kappa shape index (κ3) is 4.73. The standard InChI is InChI=1S/C19H33N2O9P/c1-7-18(4,30-31(27,28)19(5,26)8-2)10(3)14-12(22)13(23)15(29-14)11-9-21(6)17(25)20-16(11)24/h9-10,12-15,22-23,26H,7-8H2,1-6H3,(H,27,28)(H,20,24,25). The number of hydrogen-bond acceptors (Lipinski definition) is 8. The molecular weight excluding hydrogens is 431 g/mol. The minimum absolute atomic E-state index is 0.0200. The molecule has 31 heavy (non-hydrogen) atoms. The molecule has 8 atom stereocenters. The number of aliphatic hydroxyl groups is 3. The number of rotatable bonds is 8. The monoisotopic (exact) mass is 464 g/mol. The maximum atomic E-state index is 12.8. The Balaban J connectivity index is 2.37. The van der Waals surface area contributed by atoms with Gasteiger partial charge in [-0.3, -0.25) is 18.9 Å². The smallest absolute Gasteiger partial charge is 0.359 e. The number of aromatic amines is 1. The molecule has 0 bridgehead atoms. The quantitative estimate of drug-likeness (QED) is 0.341. The number of nitrogens with zero attached hydrogens (tertiary/aromatic N) is 1. The fourth-order valence-electron chi connectivity index (χ4n) is 3.56. The predicted molar refractivity (Wildman–Crippen MR) is 112 cm³/mol. The van der Waals surface area contributed by atoms with E-state index in [2.05, 4.69) is 4.98 Å². The molecule has 0 saturated carbocycles. The van der Waals surface area contributed by atoms with Gasteiger partial charge in [0.05, 0.1) is 17.3 Å². The van der Waals surface area contributed by atoms with Gasteiger partial charge in [-0.05, 0) is 26.7 Å². The second kappa shape index (κ2) is 8.90. The summed E-state index contributed by atoms with van der Waals surface area (Å²) in [5, 5.41) is 29.5. The van der Waals surface area contributed by atoms with Crippen LogP contribution in [0.3, 0.4) is 0 Å². The van der Waals surface area contributed by atoms with Crippen molar-refractivity contribution in [2.75, 3.05) is 0 Å². The molecule has 0 aromatic carbocycles. The Kier molecular flexibility index (Phi) is 7.44. The summed E-state index contributed by atoms with van der Waals surface area (Å²) in [6, 6.07) is 0. The molecule has 0 aliphatic carbocycles. The highest BCUT2D eigenvalue weighted by Crippen LogP contribution is 2.59. The zero-order chi connectivity index (χ0) is 23.9. The van der Waals surface area contributed by atoms with Crippen molar-refractivity contribution in [2.45, 2.75) is 82.8 Å². The second-order valence-corrected chi connectivity index (χ2v) is 10.8. The molecule has 1 fully saturated rings. The van der Waals surface area contributed by atoms with Gasteiger partial charge in [-0.25, -0.2) is 4.79 Å². The molecule has 0 radical (unpaired) electrons. The van der Waals surface area contributed by atoms with E-state index < -0.39 is 60.1 Å². The van der Waals surface area contributed by atoms with Gasteiger partial charge in [0.1, 0.15) is 18.3 Å². The van der Waals surface area contributed by atoms with Crippen molar-refractivity contribution in [3.63, 3.8) is 0 Å². The fourth-order valence-corrected chi connectivity index (χ4v) is 5.02. The highest BCUT2D eigenvalue weighted by molar-refractivity contribution is 7.54. The van der Waals surface area contributed by atoms with Crippen LogP contribution in [-0.4, -0.2) is 59.0 Å². The van der Waals surface area contributed by atoms with Crippen LogP contribution in [0.15, 0.2) is 15.8 Å². The maximum absolute atomic E-state index is 12.8. The molecular formula is C19H33N2O9P. The zero-order valence-electron chi connectivity index (χ0n) is 18.6. The third-order valence-corrected chi connectivity index (χ3v) is 8.71. The molecule has 1 aliphatic heterocycles. The first-order valence-corrected chi connectivity index (χ1v) is 11.8. The van der Waals surface area contributed by atoms with Crippen molar-refractivity contribution >= 4 is 7.60 Å². The molecule has 11 nitrogen and oxygen atoms in total. The first-order chi connectivity index (χ1) is 14.1. The SMILES string of the molecule is CCC(C)(OP(=O)(O)C(C)(O)CC)C(C)C1OC(c2cn(C)c(=O)[nH]c2=O)C(O)C1O. The molecule has 1 aromatic heterocycles. The second-order valence-electron chi connectivity index (χ2n) is 8.59. The number of H-pyrrole nitrogens is 1. The summed E-state index contributed by atoms with van der Waals surface area (Å²) in [6.07, 6.45) is -3.76. The Morgan fingerprint density at radius 1 is 1.26 bits per heavy atom. The van der Waals surface area contributed by atoms with Crippen LogP contribution >= 0.6 is 7.60 Å². The van der Waals surface area contributed by atoms with Gasteiger partial charge in [0.15, 0.2) is 5.34 Å². The van der Waals surface area contributed by atoms with Crippen LogP contribution in [0.2, 0.25) is 0 Å². The number of aliphatic hydroxyl groups excluding tert-OH is 2. The Bertz CT molecular complexity index is 958. The summed E-state index contributed by atoms with van der Waals surface area (Å²) >= 11 is 0. The van der Waals surface area contributed by atoms with E-state index in [0.717, 1.165) is 4.57 Å². The van der Waals surface area contributed by atoms with Crippen molar-refractivity contribution in [3.05, 3.63) is 32.6 Å². The van der Waals surface area contributed by atoms with Crippen LogP contribution in [0.1, 0.15) is 59.1 Å². The molecule has 2 rings (SSSR count). The van der Waals surface area contributed by atoms with E-state index in [1.54, 1.807) is 27.7 Å². The lowest BCUT2D eigenvalue weighted by Crippen LogP contribution is -2.47. The van der Waals surface area contributed by atoms with Crippen molar-refractivity contribution in [1.29, 1.82) is 0 Å². The lowest BCUT2D eigenvalue weighted by molar-refractivity contribution is -0.0955. The first-order valence-electron chi connectivity index (χ1n) is 10.2. The van der Waals surface area contributed by atoms with E-state index in [4.69, 9.17) is 9.26 Å². The van der Waals surface area contributed by atoms with E-state index in [-0.39, 0.29) is 18.4 Å². The van der Waals surface area contributed by atoms with Crippen LogP contribution in [0, 0.1) is 5.92 Å². The van der Waals surface area contributed by atoms with Crippen LogP contribution < -0.4 is 11.2 Å². The van der Waals surface area contributed by atoms with Crippen molar-refractivity contribution < 1.29 is 34.0 Å². The van der Waals surface area contributed by atoms with Crippen LogP contribution in [-0.2, 0) is 20.9 Å². The van der Waals surface area contributed by atoms with Crippen molar-refractivity contribution in [3.8, 4) is 0 Å². The van der Waals surface area contributed by atoms with Crippen molar-refractivity contribution in [1.82, 2.24) is 9.55 Å². The van der Waals surface area contributed by atoms with Gasteiger partial charge in [0.2, 0.25) is 0 Å². The topological polar surface area (TPSA) is 171 Å². The third-order valence-electron chi connectivity index (χ3n) is 6.51. The summed E-state index contributed by atoms with van der Waals surface area (Å²) in [5.41, 5.74) is -2.75. The van der Waals surface area contributed by atoms with Gasteiger partial charge in [-0.15, -0.1) is 0 Å². The lowest BCUT2D eigenvalue weighted by atomic mass is 9.82. The van der Waals surface area contributed by atoms with Crippen molar-refractivity contribution in [2.24, 2.45) is 13.0 Å². The largest absolute Gasteiger partial charge is 0.388 e. The van der Waals surface area contributed by atoms with Gasteiger partial charge in [-0.2, -0.15) is 0 Å². The molecule has 1 aliphatic rings. The summed E-state index contributed by atoms with van der Waals surface area (Å²) in [5.74, 6) is -0.730. The Morgan fingerprint density at radius 3 is 2.35 bits per heavy atom. The molecule has 1 saturated heterocycles. The minimum atomic E-state index is -4.49. The minimum Gasteiger partial charge on any atom is -0.388 e. The summed E-state index contributed by atoms with van der Waals surface area (Å²) in [6.45, 7) is 7.65. The first kappa shape index (κ1) is 25.9. The van der Waals surface area contributed by atoms with E-state index in [1.807, 2.05) is 0 Å². The zero-order valence-corrected chi connectivity index (χ0v) is 19.5. The van der Waals surface area contributed by atoms with Crippen LogP contribution in [0.4, 0.5) is 0 Å². The molecule has 2 heterocycles. The number of ether oxygens (including phenoxy) is 1. The molecule has 12 heteroatoms. The average Bonchev–Trinajstić information content (AvgIpc) is 2.98. The molecule has 5 N–H and O–H groups in total. The maximum Gasteiger partial charge on any atom is 0.359 e. The molecule has 178 valence electrons. The molecule has 1 aromatic rings. The van der Waals surface area contributed by atoms with Crippen LogP contribution in [0.5, 0.6) is 0 Å². The molecule has 8 unspecified atom stereocenters. The molecule has 0 spiro atoms. The summed E-state index contributed by atoms with van der Waals surface area (Å²) < 4.78 is 25.3. The van der Waals surface area contributed by atoms with E-state index in [9.17, 15) is 34.4 Å². The van der Waals surface area contributed by atoms with Gasteiger partial charge >= 0.3 is 13.3 Å². The Hall–Kier alpha value is -1.33. The summed E-state index contributed by atoms with van der Waals surface area (Å²) in [4.78, 5) is 36.3. The lowest BCUT2D eigenvalue weighted by Gasteiger charge is -2.42. The average molecular weight is 464 g/mol. The van der Waals surface area contributed by atoms with Crippen LogP contribution in [0.25, 0.3) is 0 Å². The number of aryl methyl sites for hydroxylation is 1. The van der Waals surface area contributed by atoms with E-state index in [0.29, 0.717) is 0 Å². The highest BCUT2D eigenvalue weighted by atomic mass is 31.2. The van der Waals surface area contributed by atoms with E-state index >= 15 is 0 Å². The fraction of sp³-hybridized carbons (Fsp3) is 0.789. The Labute approximate surface area is 180 Å². The normalized spacial score (nSPS) is 30.9. The highest BCUT2D eigenvalue weighted by Gasteiger charge is 2.54. The number of hydrogen-bond donors (Lipinski definition) is 5.